The van der Waals surface area contributed by atoms with E-state index in [1.54, 1.807) is 32.2 Å². The van der Waals surface area contributed by atoms with Crippen molar-refractivity contribution >= 4 is 35.2 Å². The molecule has 0 aliphatic heterocycles. The van der Waals surface area contributed by atoms with E-state index in [1.807, 2.05) is 0 Å². The van der Waals surface area contributed by atoms with E-state index in [2.05, 4.69) is 20.9 Å². The monoisotopic (exact) mass is 517 g/mol. The molecule has 0 fully saturated rings. The number of likely N-dealkylation sites (N-methyl/N-ethyl adjacent to an activating group) is 2. The second-order valence-electron chi connectivity index (χ2n) is 8.09. The van der Waals surface area contributed by atoms with Crippen LogP contribution in [0.3, 0.4) is 0 Å². The minimum atomic E-state index is -1.30. The molecule has 0 radical (unpaired) electrons. The molecule has 0 saturated carbocycles. The lowest BCUT2D eigenvalue weighted by atomic mass is 10.0. The zero-order valence-corrected chi connectivity index (χ0v) is 21.3. The van der Waals surface area contributed by atoms with Gasteiger partial charge >= 0.3 is 0 Å². The third-order valence-electron chi connectivity index (χ3n) is 5.39. The Hall–Kier alpha value is -4.15. The van der Waals surface area contributed by atoms with E-state index in [0.717, 1.165) is 0 Å². The van der Waals surface area contributed by atoms with Crippen LogP contribution in [0.2, 0.25) is 0 Å². The predicted octanol–water partition coefficient (Wildman–Crippen LogP) is 3.82. The fraction of sp³-hybridized carbons (Fsp3) is 0.308. The quantitative estimate of drug-likeness (QED) is 0.239. The van der Waals surface area contributed by atoms with E-state index in [-0.39, 0.29) is 23.7 Å². The van der Waals surface area contributed by atoms with Crippen molar-refractivity contribution in [3.05, 3.63) is 70.2 Å². The molecule has 2 amide bonds. The smallest absolute Gasteiger partial charge is 0.269 e. The maximum Gasteiger partial charge on any atom is 0.269 e. The Bertz CT molecular complexity index is 1220. The molecule has 2 rings (SSSR count). The first kappa shape index (κ1) is 29.1. The van der Waals surface area contributed by atoms with Crippen LogP contribution >= 0.6 is 0 Å². The van der Waals surface area contributed by atoms with Gasteiger partial charge in [-0.2, -0.15) is 0 Å². The van der Waals surface area contributed by atoms with E-state index in [4.69, 9.17) is 0 Å². The number of nitrogens with one attached hydrogen (secondary N) is 3. The number of carbonyl (C=O) groups is 3. The number of carbonyl (C=O) groups excluding carboxylic acids is 3. The third-order valence-corrected chi connectivity index (χ3v) is 5.39. The average Bonchev–Trinajstić information content (AvgIpc) is 2.85. The summed E-state index contributed by atoms with van der Waals surface area (Å²) in [4.78, 5) is 43.3. The van der Waals surface area contributed by atoms with Gasteiger partial charge in [-0.15, -0.1) is 0 Å². The van der Waals surface area contributed by atoms with Crippen molar-refractivity contribution in [2.75, 3.05) is 39.5 Å². The first-order valence-corrected chi connectivity index (χ1v) is 11.5. The van der Waals surface area contributed by atoms with E-state index < -0.39 is 41.1 Å². The van der Waals surface area contributed by atoms with Gasteiger partial charge in [-0.25, -0.2) is 13.2 Å². The Morgan fingerprint density at radius 1 is 1.05 bits per heavy atom. The highest BCUT2D eigenvalue weighted by atomic mass is 19.1. The van der Waals surface area contributed by atoms with Gasteiger partial charge in [0.1, 0.15) is 17.5 Å². The zero-order chi connectivity index (χ0) is 27.7. The van der Waals surface area contributed by atoms with Crippen molar-refractivity contribution in [2.24, 2.45) is 4.99 Å². The summed E-state index contributed by atoms with van der Waals surface area (Å²) in [5.41, 5.74) is 1.11. The second-order valence-corrected chi connectivity index (χ2v) is 8.09. The molecule has 0 spiro atoms. The Balaban J connectivity index is 2.22. The second kappa shape index (κ2) is 13.2. The van der Waals surface area contributed by atoms with Gasteiger partial charge in [0.15, 0.2) is 5.78 Å². The average molecular weight is 518 g/mol. The van der Waals surface area contributed by atoms with Crippen molar-refractivity contribution in [3.63, 3.8) is 0 Å². The molecular weight excluding hydrogens is 487 g/mol. The topological polar surface area (TPSA) is 103 Å². The van der Waals surface area contributed by atoms with Gasteiger partial charge in [-0.3, -0.25) is 19.4 Å². The number of aliphatic imine (C=N–C) groups is 1. The minimum Gasteiger partial charge on any atom is -0.386 e. The van der Waals surface area contributed by atoms with E-state index in [0.29, 0.717) is 35.6 Å². The lowest BCUT2D eigenvalue weighted by molar-refractivity contribution is -0.125. The first-order valence-electron chi connectivity index (χ1n) is 11.5. The van der Waals surface area contributed by atoms with Crippen molar-refractivity contribution in [1.82, 2.24) is 15.5 Å². The highest BCUT2D eigenvalue weighted by Gasteiger charge is 2.23. The molecule has 8 nitrogen and oxygen atoms in total. The van der Waals surface area contributed by atoms with Gasteiger partial charge in [0.2, 0.25) is 0 Å². The largest absolute Gasteiger partial charge is 0.386 e. The van der Waals surface area contributed by atoms with Crippen LogP contribution in [0.25, 0.3) is 0 Å². The number of rotatable bonds is 11. The minimum absolute atomic E-state index is 0.0868. The molecule has 3 N–H and O–H groups in total. The zero-order valence-electron chi connectivity index (χ0n) is 21.3. The third kappa shape index (κ3) is 7.42. The molecule has 0 aliphatic carbocycles. The number of anilines is 1. The summed E-state index contributed by atoms with van der Waals surface area (Å²) >= 11 is 0. The highest BCUT2D eigenvalue weighted by Crippen LogP contribution is 2.26. The molecule has 0 bridgehead atoms. The fourth-order valence-corrected chi connectivity index (χ4v) is 3.48. The van der Waals surface area contributed by atoms with Crippen LogP contribution in [-0.4, -0.2) is 62.9 Å². The lowest BCUT2D eigenvalue weighted by Gasteiger charge is -2.20. The molecule has 0 atom stereocenters. The standard InChI is InChI=1S/C26H30F3N5O3/c1-6-32-24(15(2)11-22(35)23-18(28)13-17(27)14-19(23)29)26(37)34(5)10-9-33-21-12-16(25(36)31-4)7-8-20(21)30-3/h7-9,12-14,30,32H,6,10-11H2,1-5H3,(H,31,36)/b24-15-,33-9?. The van der Waals surface area contributed by atoms with Crippen molar-refractivity contribution in [1.29, 1.82) is 0 Å². The van der Waals surface area contributed by atoms with Crippen LogP contribution < -0.4 is 16.0 Å². The summed E-state index contributed by atoms with van der Waals surface area (Å²) in [6.45, 7) is 3.69. The molecule has 0 unspecified atom stereocenters. The Labute approximate surface area is 213 Å². The van der Waals surface area contributed by atoms with E-state index in [1.165, 1.54) is 32.1 Å². The molecule has 2 aromatic rings. The van der Waals surface area contributed by atoms with E-state index >= 15 is 0 Å². The van der Waals surface area contributed by atoms with E-state index in [9.17, 15) is 27.6 Å². The van der Waals surface area contributed by atoms with Gasteiger partial charge in [0.25, 0.3) is 11.8 Å². The number of nitrogens with zero attached hydrogens (tertiary/aromatic N) is 2. The van der Waals surface area contributed by atoms with Gasteiger partial charge in [-0.05, 0) is 37.6 Å². The van der Waals surface area contributed by atoms with Gasteiger partial charge < -0.3 is 20.9 Å². The number of hydrogen-bond donors (Lipinski definition) is 3. The molecule has 37 heavy (non-hydrogen) atoms. The molecule has 198 valence electrons. The molecule has 0 saturated heterocycles. The van der Waals surface area contributed by atoms with Crippen LogP contribution in [0.4, 0.5) is 24.5 Å². The fourth-order valence-electron chi connectivity index (χ4n) is 3.48. The number of hydrogen-bond acceptors (Lipinski definition) is 6. The summed E-state index contributed by atoms with van der Waals surface area (Å²) in [5, 5.41) is 8.43. The predicted molar refractivity (Wildman–Crippen MR) is 137 cm³/mol. The SMILES string of the molecule is CCN/C(C(=O)N(C)CC=Nc1cc(C(=O)NC)ccc1NC)=C(/C)CC(=O)c1c(F)cc(F)cc1F. The number of amides is 2. The molecular formula is C26H30F3N5O3. The Morgan fingerprint density at radius 2 is 1.70 bits per heavy atom. The number of Topliss-reactive ketones (excluding diaryl/α,β-unsaturated/α-hetero) is 1. The summed E-state index contributed by atoms with van der Waals surface area (Å²) in [5.74, 6) is -5.39. The van der Waals surface area contributed by atoms with Gasteiger partial charge in [0.05, 0.1) is 29.2 Å². The summed E-state index contributed by atoms with van der Waals surface area (Å²) in [7, 11) is 4.76. The van der Waals surface area contributed by atoms with Crippen LogP contribution in [0.1, 0.15) is 41.0 Å². The van der Waals surface area contributed by atoms with Gasteiger partial charge in [0, 0.05) is 58.0 Å². The summed E-state index contributed by atoms with van der Waals surface area (Å²) < 4.78 is 41.2. The van der Waals surface area contributed by atoms with Crippen molar-refractivity contribution in [2.45, 2.75) is 20.3 Å². The maximum absolute atomic E-state index is 14.0. The highest BCUT2D eigenvalue weighted by molar-refractivity contribution is 6.00. The van der Waals surface area contributed by atoms with Gasteiger partial charge in [-0.1, -0.05) is 0 Å². The summed E-state index contributed by atoms with van der Waals surface area (Å²) in [6.07, 6.45) is 1.04. The molecule has 11 heteroatoms. The normalized spacial score (nSPS) is 11.7. The molecule has 0 aromatic heterocycles. The molecule has 2 aromatic carbocycles. The van der Waals surface area contributed by atoms with Crippen molar-refractivity contribution in [3.8, 4) is 0 Å². The number of benzene rings is 2. The molecule has 0 aliphatic rings. The van der Waals surface area contributed by atoms with Crippen molar-refractivity contribution < 1.29 is 27.6 Å². The van der Waals surface area contributed by atoms with Crippen LogP contribution in [0, 0.1) is 17.5 Å². The number of ketones is 1. The first-order chi connectivity index (χ1) is 17.5. The Kier molecular flexibility index (Phi) is 10.4. The lowest BCUT2D eigenvalue weighted by Crippen LogP contribution is -2.35. The Morgan fingerprint density at radius 3 is 2.27 bits per heavy atom. The van der Waals surface area contributed by atoms with Crippen LogP contribution in [0.15, 0.2) is 46.6 Å². The maximum atomic E-state index is 14.0. The number of allylic oxidation sites excluding steroid dienone is 1. The molecule has 0 heterocycles. The summed E-state index contributed by atoms with van der Waals surface area (Å²) in [6, 6.07) is 5.84. The van der Waals surface area contributed by atoms with Crippen LogP contribution in [0.5, 0.6) is 0 Å². The van der Waals surface area contributed by atoms with Crippen LogP contribution in [-0.2, 0) is 4.79 Å². The number of halogens is 3.